The summed E-state index contributed by atoms with van der Waals surface area (Å²) in [7, 11) is -4.18. The number of carboxylic acids is 1. The minimum absolute atomic E-state index is 0. The first kappa shape index (κ1) is 16.8. The third-order valence-electron chi connectivity index (χ3n) is 1.31. The van der Waals surface area contributed by atoms with E-state index in [0.29, 0.717) is 0 Å². The van der Waals surface area contributed by atoms with Gasteiger partial charge in [0.1, 0.15) is 0 Å². The van der Waals surface area contributed by atoms with Gasteiger partial charge in [0.05, 0.1) is 0 Å². The van der Waals surface area contributed by atoms with Crippen molar-refractivity contribution >= 4 is 45.6 Å². The van der Waals surface area contributed by atoms with Crippen LogP contribution in [0.5, 0.6) is 0 Å². The summed E-state index contributed by atoms with van der Waals surface area (Å²) in [5.41, 5.74) is -1.67. The topological polar surface area (TPSA) is 101 Å². The number of hydrogen-bond donors (Lipinski definition) is 2. The minimum atomic E-state index is -4.18. The molecule has 0 aromatic rings. The van der Waals surface area contributed by atoms with Gasteiger partial charge in [0.15, 0.2) is 11.5 Å². The predicted molar refractivity (Wildman–Crippen MR) is 50.5 cm³/mol. The van der Waals surface area contributed by atoms with Gasteiger partial charge in [-0.3, -0.25) is 4.18 Å². The molecule has 0 saturated carbocycles. The van der Waals surface area contributed by atoms with Crippen LogP contribution in [0.4, 0.5) is 0 Å². The summed E-state index contributed by atoms with van der Waals surface area (Å²) in [5, 5.41) is 17.2. The first-order valence-electron chi connectivity index (χ1n) is 3.64. The van der Waals surface area contributed by atoms with E-state index in [-0.39, 0.29) is 36.0 Å². The van der Waals surface area contributed by atoms with Crippen LogP contribution in [0.3, 0.4) is 0 Å². The molecular formula is C6H13NaO6S. The molecule has 2 N–H and O–H groups in total. The van der Waals surface area contributed by atoms with Gasteiger partial charge in [-0.2, -0.15) is 8.42 Å². The Labute approximate surface area is 105 Å². The van der Waals surface area contributed by atoms with Gasteiger partial charge in [-0.05, 0) is 13.3 Å². The Morgan fingerprint density at radius 1 is 1.50 bits per heavy atom. The molecule has 0 spiro atoms. The van der Waals surface area contributed by atoms with E-state index in [4.69, 9.17) is 10.2 Å². The number of aliphatic hydroxyl groups is 1. The monoisotopic (exact) mass is 236 g/mol. The Morgan fingerprint density at radius 2 is 1.93 bits per heavy atom. The van der Waals surface area contributed by atoms with E-state index in [1.165, 1.54) is 6.92 Å². The summed E-state index contributed by atoms with van der Waals surface area (Å²) < 4.78 is 26.1. The fraction of sp³-hybridized carbons (Fsp3) is 0.833. The van der Waals surface area contributed by atoms with E-state index in [1.54, 1.807) is 0 Å². The first-order valence-corrected chi connectivity index (χ1v) is 5.11. The molecule has 0 fully saturated rings. The molecule has 0 aromatic heterocycles. The summed E-state index contributed by atoms with van der Waals surface area (Å²) in [6.45, 7) is 2.51. The van der Waals surface area contributed by atoms with Crippen LogP contribution in [0, 0.1) is 0 Å². The molecule has 0 radical (unpaired) electrons. The number of carboxylic acid groups (broad SMARTS) is 1. The van der Waals surface area contributed by atoms with Crippen LogP contribution in [0.2, 0.25) is 0 Å². The van der Waals surface area contributed by atoms with E-state index in [0.717, 1.165) is 6.92 Å². The Kier molecular flexibility index (Phi) is 8.09. The zero-order chi connectivity index (χ0) is 10.6. The maximum absolute atomic E-state index is 10.9. The molecule has 0 aliphatic heterocycles. The average Bonchev–Trinajstić information content (AvgIpc) is 2.01. The third-order valence-corrected chi connectivity index (χ3v) is 2.87. The van der Waals surface area contributed by atoms with Crippen LogP contribution in [0.15, 0.2) is 0 Å². The van der Waals surface area contributed by atoms with Crippen LogP contribution in [-0.4, -0.2) is 65.7 Å². The Bertz CT molecular complexity index is 274. The zero-order valence-electron chi connectivity index (χ0n) is 7.30. The molecule has 0 amide bonds. The normalized spacial score (nSPS) is 15.4. The van der Waals surface area contributed by atoms with Gasteiger partial charge in [0.2, 0.25) is 0 Å². The van der Waals surface area contributed by atoms with Gasteiger partial charge in [-0.1, -0.05) is 6.92 Å². The van der Waals surface area contributed by atoms with Gasteiger partial charge in [-0.25, -0.2) is 4.79 Å². The average molecular weight is 236 g/mol. The second-order valence-corrected chi connectivity index (χ2v) is 4.15. The molecule has 6 nitrogen and oxygen atoms in total. The quantitative estimate of drug-likeness (QED) is 0.463. The summed E-state index contributed by atoms with van der Waals surface area (Å²) >= 11 is 0. The molecule has 0 bridgehead atoms. The molecule has 2 atom stereocenters. The van der Waals surface area contributed by atoms with Crippen molar-refractivity contribution in [2.75, 3.05) is 0 Å². The van der Waals surface area contributed by atoms with Crippen molar-refractivity contribution in [3.8, 4) is 0 Å². The van der Waals surface area contributed by atoms with E-state index in [2.05, 4.69) is 4.18 Å². The van der Waals surface area contributed by atoms with Gasteiger partial charge in [-0.15, -0.1) is 0 Å². The predicted octanol–water partition coefficient (Wildman–Crippen LogP) is -1.11. The molecule has 0 aromatic carbocycles. The number of hydrogen-bond acceptors (Lipinski definition) is 5. The Balaban J connectivity index is 0. The molecule has 0 saturated heterocycles. The summed E-state index contributed by atoms with van der Waals surface area (Å²) in [6, 6.07) is 0. The van der Waals surface area contributed by atoms with Gasteiger partial charge in [0, 0.05) is 0 Å². The fourth-order valence-corrected chi connectivity index (χ4v) is 1.53. The van der Waals surface area contributed by atoms with Crippen LogP contribution in [0.1, 0.15) is 20.3 Å². The summed E-state index contributed by atoms with van der Waals surface area (Å²) in [5.74, 6) is -1.40. The molecule has 14 heavy (non-hydrogen) atoms. The second-order valence-electron chi connectivity index (χ2n) is 2.43. The molecule has 0 heterocycles. The van der Waals surface area contributed by atoms with Crippen molar-refractivity contribution in [3.63, 3.8) is 0 Å². The SMILES string of the molecule is CCC(O)S(=O)(=O)OC(C)C(=O)O.[NaH]. The van der Waals surface area contributed by atoms with E-state index < -0.39 is 27.6 Å². The molecule has 0 aliphatic rings. The Hall–Kier alpha value is 0.340. The Morgan fingerprint density at radius 3 is 2.21 bits per heavy atom. The summed E-state index contributed by atoms with van der Waals surface area (Å²) in [4.78, 5) is 10.2. The molecule has 2 unspecified atom stereocenters. The van der Waals surface area contributed by atoms with Crippen LogP contribution in [-0.2, 0) is 19.1 Å². The number of aliphatic hydroxyl groups excluding tert-OH is 1. The summed E-state index contributed by atoms with van der Waals surface area (Å²) in [6.07, 6.45) is -1.53. The van der Waals surface area contributed by atoms with Crippen molar-refractivity contribution in [1.82, 2.24) is 0 Å². The van der Waals surface area contributed by atoms with Crippen LogP contribution in [0.25, 0.3) is 0 Å². The number of carbonyl (C=O) groups is 1. The van der Waals surface area contributed by atoms with E-state index >= 15 is 0 Å². The van der Waals surface area contributed by atoms with Crippen molar-refractivity contribution in [3.05, 3.63) is 0 Å². The van der Waals surface area contributed by atoms with Gasteiger partial charge in [0.25, 0.3) is 10.1 Å². The molecule has 80 valence electrons. The molecule has 0 aliphatic carbocycles. The first-order chi connectivity index (χ1) is 5.81. The van der Waals surface area contributed by atoms with Crippen molar-refractivity contribution in [1.29, 1.82) is 0 Å². The zero-order valence-corrected chi connectivity index (χ0v) is 8.11. The molecule has 8 heteroatoms. The molecule has 0 rings (SSSR count). The molecular weight excluding hydrogens is 223 g/mol. The fourth-order valence-electron chi connectivity index (χ4n) is 0.511. The number of aliphatic carboxylic acids is 1. The van der Waals surface area contributed by atoms with E-state index in [1.807, 2.05) is 0 Å². The van der Waals surface area contributed by atoms with E-state index in [9.17, 15) is 13.2 Å². The van der Waals surface area contributed by atoms with Gasteiger partial charge < -0.3 is 10.2 Å². The maximum atomic E-state index is 10.9. The van der Waals surface area contributed by atoms with Crippen LogP contribution >= 0.6 is 0 Å². The van der Waals surface area contributed by atoms with Crippen molar-refractivity contribution < 1.29 is 27.6 Å². The van der Waals surface area contributed by atoms with Crippen LogP contribution < -0.4 is 0 Å². The van der Waals surface area contributed by atoms with Crippen molar-refractivity contribution in [2.24, 2.45) is 0 Å². The van der Waals surface area contributed by atoms with Crippen molar-refractivity contribution in [2.45, 2.75) is 31.8 Å². The van der Waals surface area contributed by atoms with Gasteiger partial charge >= 0.3 is 35.5 Å². The standard InChI is InChI=1S/C6H12O6S.Na.H/c1-3-5(7)13(10,11)12-4(2)6(8)9;;/h4-5,7H,3H2,1-2H3,(H,8,9);;. The number of rotatable bonds is 5. The second kappa shape index (κ2) is 6.76. The third kappa shape index (κ3) is 5.28.